The van der Waals surface area contributed by atoms with Gasteiger partial charge in [-0.3, -0.25) is 0 Å². The number of carbonyl (C=O) groups excluding carboxylic acids is 2. The molecule has 1 saturated heterocycles. The van der Waals surface area contributed by atoms with E-state index in [-0.39, 0.29) is 6.03 Å². The molecule has 1 radical (unpaired) electrons. The lowest BCUT2D eigenvalue weighted by molar-refractivity contribution is 0.154. The predicted molar refractivity (Wildman–Crippen MR) is 80.6 cm³/mol. The first kappa shape index (κ1) is 15.1. The van der Waals surface area contributed by atoms with Crippen molar-refractivity contribution in [2.24, 2.45) is 11.5 Å². The zero-order valence-corrected chi connectivity index (χ0v) is 11.8. The highest BCUT2D eigenvalue weighted by atomic mass is 16.2. The van der Waals surface area contributed by atoms with E-state index in [1.54, 1.807) is 4.90 Å². The zero-order chi connectivity index (χ0) is 15.2. The molecule has 1 aliphatic heterocycles. The lowest BCUT2D eigenvalue weighted by Gasteiger charge is -2.33. The summed E-state index contributed by atoms with van der Waals surface area (Å²) < 4.78 is 0. The maximum absolute atomic E-state index is 12.2. The number of rotatable bonds is 3. The van der Waals surface area contributed by atoms with Crippen molar-refractivity contribution in [1.82, 2.24) is 9.80 Å². The van der Waals surface area contributed by atoms with Crippen molar-refractivity contribution in [3.05, 3.63) is 36.2 Å². The third-order valence-corrected chi connectivity index (χ3v) is 3.37. The first-order chi connectivity index (χ1) is 10.1. The van der Waals surface area contributed by atoms with E-state index >= 15 is 0 Å². The highest BCUT2D eigenvalue weighted by molar-refractivity contribution is 5.89. The summed E-state index contributed by atoms with van der Waals surface area (Å²) in [7, 11) is 0. The maximum atomic E-state index is 12.2. The summed E-state index contributed by atoms with van der Waals surface area (Å²) in [6, 6.07) is 6.86. The Bertz CT molecular complexity index is 512. The molecule has 21 heavy (non-hydrogen) atoms. The van der Waals surface area contributed by atoms with Crippen molar-refractivity contribution in [2.75, 3.05) is 38.0 Å². The number of piperazine rings is 1. The summed E-state index contributed by atoms with van der Waals surface area (Å²) in [4.78, 5) is 26.4. The second-order valence-corrected chi connectivity index (χ2v) is 4.81. The molecule has 1 aliphatic rings. The standard InChI is InChI=1S/C14H20N5O2/c15-5-4-11-2-1-3-12(10-11)17-14(21)19-8-6-18(7-9-19)13(16)20/h1-4,10H,5-9,15H2,(H2,16,20)(H,17,21). The van der Waals surface area contributed by atoms with Crippen LogP contribution in [0.4, 0.5) is 15.3 Å². The molecule has 0 unspecified atom stereocenters. The number of nitrogens with two attached hydrogens (primary N) is 2. The van der Waals surface area contributed by atoms with Crippen LogP contribution in [0.1, 0.15) is 5.56 Å². The molecule has 1 aromatic carbocycles. The van der Waals surface area contributed by atoms with Gasteiger partial charge >= 0.3 is 12.1 Å². The Balaban J connectivity index is 1.90. The number of urea groups is 2. The molecule has 4 amide bonds. The highest BCUT2D eigenvalue weighted by Gasteiger charge is 2.22. The van der Waals surface area contributed by atoms with Gasteiger partial charge in [0.15, 0.2) is 0 Å². The van der Waals surface area contributed by atoms with Crippen molar-refractivity contribution in [2.45, 2.75) is 0 Å². The van der Waals surface area contributed by atoms with E-state index in [0.717, 1.165) is 11.3 Å². The van der Waals surface area contributed by atoms with Gasteiger partial charge in [0.05, 0.1) is 0 Å². The topological polar surface area (TPSA) is 105 Å². The van der Waals surface area contributed by atoms with Gasteiger partial charge in [0.25, 0.3) is 0 Å². The summed E-state index contributed by atoms with van der Waals surface area (Å²) in [5.74, 6) is 0. The monoisotopic (exact) mass is 290 g/mol. The molecule has 7 heteroatoms. The lowest BCUT2D eigenvalue weighted by Crippen LogP contribution is -2.53. The first-order valence-electron chi connectivity index (χ1n) is 6.84. The van der Waals surface area contributed by atoms with Gasteiger partial charge in [-0.1, -0.05) is 12.1 Å². The molecule has 7 nitrogen and oxygen atoms in total. The molecular formula is C14H20N5O2. The van der Waals surface area contributed by atoms with E-state index in [1.165, 1.54) is 4.90 Å². The first-order valence-corrected chi connectivity index (χ1v) is 6.84. The van der Waals surface area contributed by atoms with Crippen molar-refractivity contribution in [1.29, 1.82) is 0 Å². The van der Waals surface area contributed by atoms with Crippen LogP contribution in [0.5, 0.6) is 0 Å². The zero-order valence-electron chi connectivity index (χ0n) is 11.8. The van der Waals surface area contributed by atoms with Crippen molar-refractivity contribution >= 4 is 17.7 Å². The average Bonchev–Trinajstić information content (AvgIpc) is 2.48. The SMILES string of the molecule is NC[CH]c1cccc(NC(=O)N2CCN(C(N)=O)CC2)c1. The summed E-state index contributed by atoms with van der Waals surface area (Å²) >= 11 is 0. The maximum Gasteiger partial charge on any atom is 0.321 e. The van der Waals surface area contributed by atoms with Crippen molar-refractivity contribution < 1.29 is 9.59 Å². The number of hydrogen-bond acceptors (Lipinski definition) is 3. The van der Waals surface area contributed by atoms with E-state index in [2.05, 4.69) is 5.32 Å². The average molecular weight is 290 g/mol. The number of anilines is 1. The molecule has 0 aromatic heterocycles. The normalized spacial score (nSPS) is 14.9. The van der Waals surface area contributed by atoms with Crippen LogP contribution >= 0.6 is 0 Å². The Morgan fingerprint density at radius 1 is 1.19 bits per heavy atom. The summed E-state index contributed by atoms with van der Waals surface area (Å²) in [5, 5.41) is 2.85. The van der Waals surface area contributed by atoms with Crippen molar-refractivity contribution in [3.63, 3.8) is 0 Å². The van der Waals surface area contributed by atoms with Gasteiger partial charge in [-0.15, -0.1) is 0 Å². The van der Waals surface area contributed by atoms with Crippen LogP contribution in [0.3, 0.4) is 0 Å². The number of carbonyl (C=O) groups is 2. The van der Waals surface area contributed by atoms with E-state index in [1.807, 2.05) is 30.7 Å². The van der Waals surface area contributed by atoms with E-state index in [0.29, 0.717) is 32.7 Å². The summed E-state index contributed by atoms with van der Waals surface area (Å²) in [6.45, 7) is 2.33. The number of benzene rings is 1. The molecule has 1 aromatic rings. The molecule has 0 saturated carbocycles. The van der Waals surface area contributed by atoms with E-state index in [9.17, 15) is 9.59 Å². The van der Waals surface area contributed by atoms with Gasteiger partial charge in [0.2, 0.25) is 0 Å². The van der Waals surface area contributed by atoms with Crippen LogP contribution in [-0.4, -0.2) is 54.6 Å². The van der Waals surface area contributed by atoms with Crippen LogP contribution in [0.25, 0.3) is 0 Å². The molecule has 2 rings (SSSR count). The van der Waals surface area contributed by atoms with E-state index in [4.69, 9.17) is 11.5 Å². The Kier molecular flexibility index (Phi) is 4.99. The number of primary amides is 1. The molecule has 0 aliphatic carbocycles. The quantitative estimate of drug-likeness (QED) is 0.751. The summed E-state index contributed by atoms with van der Waals surface area (Å²) in [6.07, 6.45) is 1.88. The smallest absolute Gasteiger partial charge is 0.321 e. The second-order valence-electron chi connectivity index (χ2n) is 4.81. The third kappa shape index (κ3) is 4.09. The molecule has 0 bridgehead atoms. The molecule has 1 heterocycles. The van der Waals surface area contributed by atoms with Gasteiger partial charge in [-0.05, 0) is 24.2 Å². The number of hydrogen-bond donors (Lipinski definition) is 3. The fourth-order valence-corrected chi connectivity index (χ4v) is 2.21. The predicted octanol–water partition coefficient (Wildman–Crippen LogP) is 0.426. The number of amides is 4. The Morgan fingerprint density at radius 3 is 2.48 bits per heavy atom. The largest absolute Gasteiger partial charge is 0.351 e. The molecule has 0 spiro atoms. The fourth-order valence-electron chi connectivity index (χ4n) is 2.21. The van der Waals surface area contributed by atoms with Gasteiger partial charge in [-0.2, -0.15) is 0 Å². The number of nitrogens with zero attached hydrogens (tertiary/aromatic N) is 2. The van der Waals surface area contributed by atoms with Gasteiger partial charge in [0.1, 0.15) is 0 Å². The fraction of sp³-hybridized carbons (Fsp3) is 0.357. The minimum atomic E-state index is -0.444. The Labute approximate surface area is 123 Å². The Hall–Kier alpha value is -2.28. The molecule has 0 atom stereocenters. The highest BCUT2D eigenvalue weighted by Crippen LogP contribution is 2.13. The van der Waals surface area contributed by atoms with E-state index < -0.39 is 6.03 Å². The van der Waals surface area contributed by atoms with Crippen molar-refractivity contribution in [3.8, 4) is 0 Å². The van der Waals surface area contributed by atoms with Gasteiger partial charge in [0, 0.05) is 38.3 Å². The van der Waals surface area contributed by atoms with Gasteiger partial charge < -0.3 is 26.6 Å². The van der Waals surface area contributed by atoms with Crippen LogP contribution in [0, 0.1) is 6.42 Å². The molecule has 5 N–H and O–H groups in total. The minimum absolute atomic E-state index is 0.177. The van der Waals surface area contributed by atoms with Crippen LogP contribution in [-0.2, 0) is 0 Å². The third-order valence-electron chi connectivity index (χ3n) is 3.37. The van der Waals surface area contributed by atoms with Gasteiger partial charge in [-0.25, -0.2) is 9.59 Å². The number of nitrogens with one attached hydrogen (secondary N) is 1. The molecular weight excluding hydrogens is 270 g/mol. The van der Waals surface area contributed by atoms with Crippen LogP contribution in [0.15, 0.2) is 24.3 Å². The van der Waals surface area contributed by atoms with Crippen LogP contribution < -0.4 is 16.8 Å². The molecule has 1 fully saturated rings. The second kappa shape index (κ2) is 6.94. The molecule has 113 valence electrons. The summed E-state index contributed by atoms with van der Waals surface area (Å²) in [5.41, 5.74) is 12.4. The van der Waals surface area contributed by atoms with Crippen LogP contribution in [0.2, 0.25) is 0 Å². The Morgan fingerprint density at radius 2 is 1.86 bits per heavy atom. The lowest BCUT2D eigenvalue weighted by atomic mass is 10.1. The minimum Gasteiger partial charge on any atom is -0.351 e.